The van der Waals surface area contributed by atoms with Crippen molar-refractivity contribution in [3.63, 3.8) is 0 Å². The van der Waals surface area contributed by atoms with Crippen molar-refractivity contribution in [3.05, 3.63) is 50.4 Å². The lowest BCUT2D eigenvalue weighted by Gasteiger charge is -2.17. The minimum Gasteiger partial charge on any atom is -0.493 e. The Morgan fingerprint density at radius 3 is 2.62 bits per heavy atom. The Hall–Kier alpha value is -3.03. The molecular weight excluding hydrogens is 372 g/mol. The van der Waals surface area contributed by atoms with Gasteiger partial charge in [-0.15, -0.1) is 0 Å². The monoisotopic (exact) mass is 398 g/mol. The molecule has 8 heteroatoms. The maximum Gasteiger partial charge on any atom is 0.330 e. The predicted octanol–water partition coefficient (Wildman–Crippen LogP) is 2.91. The fourth-order valence-electron chi connectivity index (χ4n) is 3.76. The maximum absolute atomic E-state index is 12.5. The van der Waals surface area contributed by atoms with Crippen molar-refractivity contribution in [1.29, 1.82) is 0 Å². The minimum atomic E-state index is -0.488. The first kappa shape index (κ1) is 19.3. The second-order valence-electron chi connectivity index (χ2n) is 7.83. The number of imidazole rings is 1. The summed E-state index contributed by atoms with van der Waals surface area (Å²) in [5.74, 6) is 2.12. The van der Waals surface area contributed by atoms with Crippen LogP contribution in [0.5, 0.6) is 11.5 Å². The number of fused-ring (bicyclic) bond motifs is 1. The summed E-state index contributed by atoms with van der Waals surface area (Å²) in [5, 5.41) is 0. The van der Waals surface area contributed by atoms with Crippen molar-refractivity contribution in [2.24, 2.45) is 0 Å². The molecule has 0 spiro atoms. The van der Waals surface area contributed by atoms with E-state index in [4.69, 9.17) is 9.47 Å². The summed E-state index contributed by atoms with van der Waals surface area (Å²) in [6, 6.07) is 5.63. The molecule has 1 aromatic carbocycles. The standard InChI is InChI=1S/C21H26N4O4/c1-12(2)18-22-17-19(23-18)25(21(27)24-20(17)26)11-13-8-9-15(28-3)16(10-13)29-14-6-4-5-7-14/h8-10,12,14H,4-7,11H2,1-3H3,(H,22,23)(H,24,26,27). The number of ether oxygens (including phenoxy) is 2. The number of nitrogens with zero attached hydrogens (tertiary/aromatic N) is 2. The van der Waals surface area contributed by atoms with Gasteiger partial charge in [0.05, 0.1) is 19.8 Å². The highest BCUT2D eigenvalue weighted by Crippen LogP contribution is 2.32. The van der Waals surface area contributed by atoms with Gasteiger partial charge in [0, 0.05) is 5.92 Å². The molecule has 0 aliphatic heterocycles. The van der Waals surface area contributed by atoms with Crippen LogP contribution in [0.3, 0.4) is 0 Å². The van der Waals surface area contributed by atoms with E-state index in [2.05, 4.69) is 15.0 Å². The van der Waals surface area contributed by atoms with Crippen LogP contribution in [0.4, 0.5) is 0 Å². The minimum absolute atomic E-state index is 0.109. The Morgan fingerprint density at radius 2 is 1.93 bits per heavy atom. The van der Waals surface area contributed by atoms with E-state index in [-0.39, 0.29) is 18.6 Å². The molecule has 0 amide bonds. The molecule has 2 aromatic heterocycles. The highest BCUT2D eigenvalue weighted by molar-refractivity contribution is 5.70. The largest absolute Gasteiger partial charge is 0.493 e. The van der Waals surface area contributed by atoms with Gasteiger partial charge in [0.1, 0.15) is 11.3 Å². The van der Waals surface area contributed by atoms with Crippen LogP contribution in [0.2, 0.25) is 0 Å². The first-order valence-corrected chi connectivity index (χ1v) is 10.0. The number of nitrogens with one attached hydrogen (secondary N) is 2. The Kier molecular flexibility index (Phi) is 5.17. The van der Waals surface area contributed by atoms with E-state index in [0.717, 1.165) is 18.4 Å². The molecule has 29 heavy (non-hydrogen) atoms. The lowest BCUT2D eigenvalue weighted by molar-refractivity contribution is 0.200. The topological polar surface area (TPSA) is 102 Å². The van der Waals surface area contributed by atoms with E-state index < -0.39 is 11.2 Å². The van der Waals surface area contributed by atoms with Crippen molar-refractivity contribution < 1.29 is 9.47 Å². The number of rotatable bonds is 6. The van der Waals surface area contributed by atoms with E-state index in [9.17, 15) is 9.59 Å². The van der Waals surface area contributed by atoms with Crippen LogP contribution in [0, 0.1) is 0 Å². The van der Waals surface area contributed by atoms with E-state index in [0.29, 0.717) is 28.5 Å². The number of H-pyrrole nitrogens is 2. The molecule has 2 heterocycles. The average Bonchev–Trinajstić information content (AvgIpc) is 3.35. The van der Waals surface area contributed by atoms with Crippen LogP contribution in [0.25, 0.3) is 11.2 Å². The molecule has 0 saturated heterocycles. The summed E-state index contributed by atoms with van der Waals surface area (Å²) < 4.78 is 13.1. The van der Waals surface area contributed by atoms with E-state index in [1.165, 1.54) is 17.4 Å². The molecule has 0 radical (unpaired) electrons. The summed E-state index contributed by atoms with van der Waals surface area (Å²) >= 11 is 0. The van der Waals surface area contributed by atoms with Gasteiger partial charge in [-0.25, -0.2) is 9.78 Å². The summed E-state index contributed by atoms with van der Waals surface area (Å²) in [4.78, 5) is 34.6. The van der Waals surface area contributed by atoms with Crippen LogP contribution in [-0.4, -0.2) is 32.7 Å². The summed E-state index contributed by atoms with van der Waals surface area (Å²) in [6.07, 6.45) is 4.63. The van der Waals surface area contributed by atoms with Crippen molar-refractivity contribution >= 4 is 11.2 Å². The van der Waals surface area contributed by atoms with Gasteiger partial charge in [0.15, 0.2) is 17.1 Å². The van der Waals surface area contributed by atoms with Gasteiger partial charge in [0.25, 0.3) is 5.56 Å². The Morgan fingerprint density at radius 1 is 1.17 bits per heavy atom. The number of aromatic nitrogens is 4. The highest BCUT2D eigenvalue weighted by Gasteiger charge is 2.19. The van der Waals surface area contributed by atoms with E-state index in [1.54, 1.807) is 7.11 Å². The first-order chi connectivity index (χ1) is 14.0. The lowest BCUT2D eigenvalue weighted by Crippen LogP contribution is -2.30. The molecule has 8 nitrogen and oxygen atoms in total. The fourth-order valence-corrected chi connectivity index (χ4v) is 3.76. The van der Waals surface area contributed by atoms with Crippen LogP contribution >= 0.6 is 0 Å². The number of methoxy groups -OCH3 is 1. The molecule has 3 aromatic rings. The van der Waals surface area contributed by atoms with Gasteiger partial charge in [0.2, 0.25) is 0 Å². The number of benzene rings is 1. The quantitative estimate of drug-likeness (QED) is 0.665. The molecule has 4 rings (SSSR count). The van der Waals surface area contributed by atoms with Gasteiger partial charge < -0.3 is 14.5 Å². The first-order valence-electron chi connectivity index (χ1n) is 10.0. The van der Waals surface area contributed by atoms with Crippen molar-refractivity contribution in [1.82, 2.24) is 19.5 Å². The van der Waals surface area contributed by atoms with Crippen LogP contribution in [-0.2, 0) is 6.54 Å². The van der Waals surface area contributed by atoms with Crippen molar-refractivity contribution in [2.75, 3.05) is 7.11 Å². The third-order valence-electron chi connectivity index (χ3n) is 5.36. The van der Waals surface area contributed by atoms with E-state index in [1.807, 2.05) is 32.0 Å². The highest BCUT2D eigenvalue weighted by atomic mass is 16.5. The molecule has 0 unspecified atom stereocenters. The van der Waals surface area contributed by atoms with Crippen molar-refractivity contribution in [2.45, 2.75) is 58.1 Å². The van der Waals surface area contributed by atoms with Gasteiger partial charge in [-0.3, -0.25) is 14.3 Å². The SMILES string of the molecule is COc1ccc(Cn2c(=O)[nH]c(=O)c3[nH]c(C(C)C)nc32)cc1OC1CCCC1. The predicted molar refractivity (Wildman–Crippen MR) is 110 cm³/mol. The zero-order valence-electron chi connectivity index (χ0n) is 16.9. The van der Waals surface area contributed by atoms with Gasteiger partial charge >= 0.3 is 5.69 Å². The molecule has 1 aliphatic rings. The molecule has 0 atom stereocenters. The van der Waals surface area contributed by atoms with Gasteiger partial charge in [-0.2, -0.15) is 0 Å². The number of hydrogen-bond donors (Lipinski definition) is 2. The van der Waals surface area contributed by atoms with Gasteiger partial charge in [-0.1, -0.05) is 19.9 Å². The van der Waals surface area contributed by atoms with E-state index >= 15 is 0 Å². The Balaban J connectivity index is 1.72. The lowest BCUT2D eigenvalue weighted by atomic mass is 10.2. The molecular formula is C21H26N4O4. The third-order valence-corrected chi connectivity index (χ3v) is 5.36. The molecule has 0 bridgehead atoms. The third kappa shape index (κ3) is 3.79. The zero-order valence-corrected chi connectivity index (χ0v) is 16.9. The molecule has 1 aliphatic carbocycles. The van der Waals surface area contributed by atoms with Gasteiger partial charge in [-0.05, 0) is 43.4 Å². The fraction of sp³-hybridized carbons (Fsp3) is 0.476. The van der Waals surface area contributed by atoms with Crippen LogP contribution in [0.1, 0.15) is 56.8 Å². The summed E-state index contributed by atoms with van der Waals surface area (Å²) in [6.45, 7) is 4.22. The number of hydrogen-bond acceptors (Lipinski definition) is 5. The summed E-state index contributed by atoms with van der Waals surface area (Å²) in [7, 11) is 1.61. The Labute approximate surface area is 167 Å². The second-order valence-corrected chi connectivity index (χ2v) is 7.83. The molecule has 1 fully saturated rings. The smallest absolute Gasteiger partial charge is 0.330 e. The Bertz CT molecular complexity index is 1140. The molecule has 2 N–H and O–H groups in total. The normalized spacial score (nSPS) is 14.8. The van der Waals surface area contributed by atoms with Crippen molar-refractivity contribution in [3.8, 4) is 11.5 Å². The second kappa shape index (κ2) is 7.77. The maximum atomic E-state index is 12.5. The molecule has 154 valence electrons. The molecule has 1 saturated carbocycles. The van der Waals surface area contributed by atoms with Crippen LogP contribution < -0.4 is 20.7 Å². The van der Waals surface area contributed by atoms with Crippen LogP contribution in [0.15, 0.2) is 27.8 Å². The summed E-state index contributed by atoms with van der Waals surface area (Å²) in [5.41, 5.74) is 0.586. The average molecular weight is 398 g/mol. The number of aromatic amines is 2. The zero-order chi connectivity index (χ0) is 20.5.